The first-order valence-electron chi connectivity index (χ1n) is 6.11. The van der Waals surface area contributed by atoms with Gasteiger partial charge in [-0.3, -0.25) is 4.68 Å². The summed E-state index contributed by atoms with van der Waals surface area (Å²) in [5, 5.41) is 12.7. The predicted molar refractivity (Wildman–Crippen MR) is 70.2 cm³/mol. The number of aryl methyl sites for hydroxylation is 1. The van der Waals surface area contributed by atoms with E-state index < -0.39 is 10.0 Å². The Morgan fingerprint density at radius 1 is 1.47 bits per heavy atom. The van der Waals surface area contributed by atoms with Crippen LogP contribution in [0.25, 0.3) is 0 Å². The highest BCUT2D eigenvalue weighted by molar-refractivity contribution is 7.89. The highest BCUT2D eigenvalue weighted by Gasteiger charge is 2.22. The van der Waals surface area contributed by atoms with Crippen molar-refractivity contribution in [2.24, 2.45) is 0 Å². The van der Waals surface area contributed by atoms with Gasteiger partial charge >= 0.3 is 0 Å². The van der Waals surface area contributed by atoms with Crippen LogP contribution in [0.1, 0.15) is 12.8 Å². The summed E-state index contributed by atoms with van der Waals surface area (Å²) in [4.78, 5) is 0.172. The second kappa shape index (κ2) is 7.59. The number of nitrogens with zero attached hydrogens (tertiary/aromatic N) is 3. The van der Waals surface area contributed by atoms with Gasteiger partial charge < -0.3 is 9.84 Å². The van der Waals surface area contributed by atoms with E-state index in [-0.39, 0.29) is 11.5 Å². The van der Waals surface area contributed by atoms with Gasteiger partial charge in [-0.2, -0.15) is 5.10 Å². The third-order valence-corrected chi connectivity index (χ3v) is 4.49. The zero-order valence-corrected chi connectivity index (χ0v) is 12.1. The van der Waals surface area contributed by atoms with E-state index in [2.05, 4.69) is 5.10 Å². The number of methoxy groups -OCH3 is 1. The van der Waals surface area contributed by atoms with Crippen LogP contribution in [0, 0.1) is 0 Å². The molecule has 0 bridgehead atoms. The van der Waals surface area contributed by atoms with Gasteiger partial charge in [-0.15, -0.1) is 0 Å². The smallest absolute Gasteiger partial charge is 0.245 e. The summed E-state index contributed by atoms with van der Waals surface area (Å²) >= 11 is 0. The Labute approximate surface area is 113 Å². The molecule has 0 fully saturated rings. The zero-order valence-electron chi connectivity index (χ0n) is 11.3. The number of aliphatic hydroxyl groups is 1. The normalized spacial score (nSPS) is 12.2. The van der Waals surface area contributed by atoms with Gasteiger partial charge in [0.2, 0.25) is 10.0 Å². The second-order valence-corrected chi connectivity index (χ2v) is 6.23. The van der Waals surface area contributed by atoms with Crippen molar-refractivity contribution < 1.29 is 18.3 Å². The lowest BCUT2D eigenvalue weighted by molar-refractivity contribution is 0.189. The Kier molecular flexibility index (Phi) is 6.43. The van der Waals surface area contributed by atoms with Crippen LogP contribution in [0.15, 0.2) is 17.3 Å². The maximum absolute atomic E-state index is 12.2. The largest absolute Gasteiger partial charge is 0.396 e. The van der Waals surface area contributed by atoms with Crippen molar-refractivity contribution in [3.63, 3.8) is 0 Å². The first-order chi connectivity index (χ1) is 9.02. The molecule has 7 nitrogen and oxygen atoms in total. The predicted octanol–water partition coefficient (Wildman–Crippen LogP) is -0.0775. The number of aromatic nitrogens is 2. The van der Waals surface area contributed by atoms with Gasteiger partial charge in [0.25, 0.3) is 0 Å². The summed E-state index contributed by atoms with van der Waals surface area (Å²) in [6.45, 7) is 1.48. The van der Waals surface area contributed by atoms with Crippen molar-refractivity contribution >= 4 is 10.0 Å². The number of rotatable bonds is 9. The summed E-state index contributed by atoms with van der Waals surface area (Å²) in [5.41, 5.74) is 0. The molecular formula is C11H21N3O4S. The SMILES string of the molecule is COCCCN(C)S(=O)(=O)c1cnn(CCCO)c1. The minimum absolute atomic E-state index is 0.0544. The van der Waals surface area contributed by atoms with Gasteiger partial charge in [0.05, 0.1) is 6.20 Å². The van der Waals surface area contributed by atoms with Gasteiger partial charge in [-0.25, -0.2) is 12.7 Å². The van der Waals surface area contributed by atoms with Crippen LogP contribution in [0.5, 0.6) is 0 Å². The molecule has 19 heavy (non-hydrogen) atoms. The average Bonchev–Trinajstić information content (AvgIpc) is 2.85. The summed E-state index contributed by atoms with van der Waals surface area (Å²) in [6.07, 6.45) is 4.01. The number of aliphatic hydroxyl groups excluding tert-OH is 1. The van der Waals surface area contributed by atoms with Crippen molar-refractivity contribution in [3.8, 4) is 0 Å². The molecule has 1 rings (SSSR count). The van der Waals surface area contributed by atoms with Crippen molar-refractivity contribution in [2.45, 2.75) is 24.3 Å². The molecule has 1 aromatic rings. The molecule has 0 aliphatic rings. The Morgan fingerprint density at radius 2 is 2.21 bits per heavy atom. The zero-order chi connectivity index (χ0) is 14.3. The molecule has 0 aliphatic carbocycles. The highest BCUT2D eigenvalue weighted by Crippen LogP contribution is 2.13. The molecule has 0 saturated heterocycles. The maximum atomic E-state index is 12.2. The van der Waals surface area contributed by atoms with Crippen LogP contribution in [-0.4, -0.2) is 61.5 Å². The molecule has 110 valence electrons. The van der Waals surface area contributed by atoms with E-state index in [1.54, 1.807) is 7.11 Å². The molecular weight excluding hydrogens is 270 g/mol. The molecule has 0 radical (unpaired) electrons. The average molecular weight is 291 g/mol. The monoisotopic (exact) mass is 291 g/mol. The number of hydrogen-bond donors (Lipinski definition) is 1. The Morgan fingerprint density at radius 3 is 2.84 bits per heavy atom. The van der Waals surface area contributed by atoms with Crippen LogP contribution in [0.3, 0.4) is 0 Å². The van der Waals surface area contributed by atoms with Gasteiger partial charge in [0, 0.05) is 46.7 Å². The van der Waals surface area contributed by atoms with Crippen molar-refractivity contribution in [3.05, 3.63) is 12.4 Å². The van der Waals surface area contributed by atoms with E-state index in [4.69, 9.17) is 9.84 Å². The molecule has 0 saturated carbocycles. The lowest BCUT2D eigenvalue weighted by atomic mass is 10.4. The van der Waals surface area contributed by atoms with Crippen LogP contribution < -0.4 is 0 Å². The molecule has 0 spiro atoms. The molecule has 0 aromatic carbocycles. The first kappa shape index (κ1) is 16.1. The number of sulfonamides is 1. The van der Waals surface area contributed by atoms with E-state index in [1.165, 1.54) is 28.4 Å². The lowest BCUT2D eigenvalue weighted by Crippen LogP contribution is -2.28. The van der Waals surface area contributed by atoms with Crippen LogP contribution in [0.2, 0.25) is 0 Å². The quantitative estimate of drug-likeness (QED) is 0.643. The molecule has 8 heteroatoms. The van der Waals surface area contributed by atoms with Crippen LogP contribution in [0.4, 0.5) is 0 Å². The summed E-state index contributed by atoms with van der Waals surface area (Å²) < 4.78 is 32.1. The Bertz CT molecular complexity index is 472. The lowest BCUT2D eigenvalue weighted by Gasteiger charge is -2.15. The standard InChI is InChI=1S/C11H21N3O4S/c1-13(5-4-8-18-2)19(16,17)11-9-12-14(10-11)6-3-7-15/h9-10,15H,3-8H2,1-2H3. The fourth-order valence-corrected chi connectivity index (χ4v) is 2.73. The first-order valence-corrected chi connectivity index (χ1v) is 7.55. The molecule has 1 heterocycles. The minimum Gasteiger partial charge on any atom is -0.396 e. The third kappa shape index (κ3) is 4.57. The van der Waals surface area contributed by atoms with E-state index in [9.17, 15) is 8.42 Å². The highest BCUT2D eigenvalue weighted by atomic mass is 32.2. The van der Waals surface area contributed by atoms with Gasteiger partial charge in [-0.05, 0) is 12.8 Å². The fraction of sp³-hybridized carbons (Fsp3) is 0.727. The topological polar surface area (TPSA) is 84.7 Å². The van der Waals surface area contributed by atoms with Gasteiger partial charge in [-0.1, -0.05) is 0 Å². The van der Waals surface area contributed by atoms with Crippen molar-refractivity contribution in [2.75, 3.05) is 33.9 Å². The van der Waals surface area contributed by atoms with Crippen LogP contribution >= 0.6 is 0 Å². The fourth-order valence-electron chi connectivity index (χ4n) is 1.56. The number of ether oxygens (including phenoxy) is 1. The van der Waals surface area contributed by atoms with E-state index in [0.29, 0.717) is 32.5 Å². The molecule has 0 atom stereocenters. The Balaban J connectivity index is 2.68. The summed E-state index contributed by atoms with van der Waals surface area (Å²) in [5.74, 6) is 0. The van der Waals surface area contributed by atoms with Crippen molar-refractivity contribution in [1.29, 1.82) is 0 Å². The molecule has 0 amide bonds. The van der Waals surface area contributed by atoms with E-state index in [0.717, 1.165) is 0 Å². The van der Waals surface area contributed by atoms with Crippen LogP contribution in [-0.2, 0) is 21.3 Å². The van der Waals surface area contributed by atoms with Gasteiger partial charge in [0.15, 0.2) is 0 Å². The molecule has 0 unspecified atom stereocenters. The van der Waals surface area contributed by atoms with E-state index in [1.807, 2.05) is 0 Å². The number of hydrogen-bond acceptors (Lipinski definition) is 5. The maximum Gasteiger partial charge on any atom is 0.245 e. The molecule has 1 N–H and O–H groups in total. The minimum atomic E-state index is -3.49. The third-order valence-electron chi connectivity index (χ3n) is 2.68. The molecule has 0 aliphatic heterocycles. The van der Waals surface area contributed by atoms with Gasteiger partial charge in [0.1, 0.15) is 4.90 Å². The second-order valence-electron chi connectivity index (χ2n) is 4.19. The molecule has 1 aromatic heterocycles. The summed E-state index contributed by atoms with van der Waals surface area (Å²) in [7, 11) is -0.371. The summed E-state index contributed by atoms with van der Waals surface area (Å²) in [6, 6.07) is 0. The van der Waals surface area contributed by atoms with E-state index >= 15 is 0 Å². The van der Waals surface area contributed by atoms with Crippen molar-refractivity contribution in [1.82, 2.24) is 14.1 Å². The Hall–Kier alpha value is -0.960.